The highest BCUT2D eigenvalue weighted by atomic mass is 32.2. The van der Waals surface area contributed by atoms with Gasteiger partial charge in [-0.2, -0.15) is 5.26 Å². The van der Waals surface area contributed by atoms with E-state index >= 15 is 0 Å². The number of hydrogen-bond acceptors (Lipinski definition) is 6. The summed E-state index contributed by atoms with van der Waals surface area (Å²) in [5.74, 6) is 8.21. The largest absolute Gasteiger partial charge is 0.493 e. The zero-order valence-corrected chi connectivity index (χ0v) is 13.7. The van der Waals surface area contributed by atoms with E-state index in [4.69, 9.17) is 15.8 Å². The lowest BCUT2D eigenvalue weighted by molar-refractivity contribution is 0.344. The van der Waals surface area contributed by atoms with Crippen LogP contribution in [-0.2, 0) is 5.41 Å². The second-order valence-corrected chi connectivity index (χ2v) is 6.82. The average Bonchev–Trinajstić information content (AvgIpc) is 2.85. The summed E-state index contributed by atoms with van der Waals surface area (Å²) in [7, 11) is 0. The highest BCUT2D eigenvalue weighted by Crippen LogP contribution is 2.23. The molecule has 2 aromatic rings. The van der Waals surface area contributed by atoms with Crippen molar-refractivity contribution < 1.29 is 4.74 Å². The fraction of sp³-hybridized carbons (Fsp3) is 0.400. The number of hydrogen-bond donors (Lipinski definition) is 1. The first-order valence-electron chi connectivity index (χ1n) is 6.88. The summed E-state index contributed by atoms with van der Waals surface area (Å²) in [6, 6.07) is 9.10. The van der Waals surface area contributed by atoms with E-state index in [0.717, 1.165) is 11.6 Å². The number of ether oxygens (including phenoxy) is 1. The molecule has 0 aliphatic rings. The molecule has 1 heterocycles. The van der Waals surface area contributed by atoms with Crippen molar-refractivity contribution in [2.24, 2.45) is 0 Å². The van der Waals surface area contributed by atoms with Gasteiger partial charge in [0.1, 0.15) is 5.75 Å². The molecule has 22 heavy (non-hydrogen) atoms. The van der Waals surface area contributed by atoms with Crippen LogP contribution in [0.2, 0.25) is 0 Å². The standard InChI is InChI=1S/C15H19N5OS/c1-15(2,3)13-18-19-14(20(13)17)22-9-8-21-12-6-4-11(10-16)5-7-12/h4-7H,8-9,17H2,1-3H3. The van der Waals surface area contributed by atoms with Crippen LogP contribution in [0.5, 0.6) is 5.75 Å². The van der Waals surface area contributed by atoms with Gasteiger partial charge >= 0.3 is 0 Å². The van der Waals surface area contributed by atoms with E-state index in [1.165, 1.54) is 16.4 Å². The molecule has 0 aliphatic heterocycles. The molecule has 0 radical (unpaired) electrons. The van der Waals surface area contributed by atoms with Gasteiger partial charge in [0.2, 0.25) is 5.16 Å². The van der Waals surface area contributed by atoms with Crippen LogP contribution in [-0.4, -0.2) is 27.2 Å². The summed E-state index contributed by atoms with van der Waals surface area (Å²) < 4.78 is 7.15. The van der Waals surface area contributed by atoms with Crippen molar-refractivity contribution in [2.75, 3.05) is 18.2 Å². The predicted molar refractivity (Wildman–Crippen MR) is 86.2 cm³/mol. The summed E-state index contributed by atoms with van der Waals surface area (Å²) >= 11 is 1.50. The Morgan fingerprint density at radius 3 is 2.50 bits per heavy atom. The number of nitrogens with two attached hydrogens (primary N) is 1. The smallest absolute Gasteiger partial charge is 0.209 e. The topological polar surface area (TPSA) is 89.8 Å². The normalized spacial score (nSPS) is 11.2. The second kappa shape index (κ2) is 6.71. The monoisotopic (exact) mass is 317 g/mol. The van der Waals surface area contributed by atoms with E-state index in [1.54, 1.807) is 24.3 Å². The van der Waals surface area contributed by atoms with E-state index in [0.29, 0.717) is 23.1 Å². The van der Waals surface area contributed by atoms with Gasteiger partial charge in [-0.1, -0.05) is 32.5 Å². The predicted octanol–water partition coefficient (Wildman–Crippen LogP) is 2.33. The van der Waals surface area contributed by atoms with Crippen molar-refractivity contribution in [3.8, 4) is 11.8 Å². The molecule has 0 saturated heterocycles. The third kappa shape index (κ3) is 3.92. The number of aromatic nitrogens is 3. The molecule has 0 atom stereocenters. The number of nitriles is 1. The molecule has 6 nitrogen and oxygen atoms in total. The quantitative estimate of drug-likeness (QED) is 0.517. The van der Waals surface area contributed by atoms with E-state index in [9.17, 15) is 0 Å². The molecular formula is C15H19N5OS. The molecule has 0 aliphatic carbocycles. The summed E-state index contributed by atoms with van der Waals surface area (Å²) in [6.45, 7) is 6.66. The first-order chi connectivity index (χ1) is 10.4. The minimum Gasteiger partial charge on any atom is -0.493 e. The van der Waals surface area contributed by atoms with E-state index in [1.807, 2.05) is 20.8 Å². The Kier molecular flexibility index (Phi) is 4.93. The first-order valence-corrected chi connectivity index (χ1v) is 7.87. The molecule has 116 valence electrons. The van der Waals surface area contributed by atoms with Gasteiger partial charge in [0.05, 0.1) is 18.2 Å². The molecule has 0 spiro atoms. The van der Waals surface area contributed by atoms with Gasteiger partial charge in [-0.25, -0.2) is 4.68 Å². The van der Waals surface area contributed by atoms with Crippen LogP contribution in [0.3, 0.4) is 0 Å². The van der Waals surface area contributed by atoms with Gasteiger partial charge in [-0.05, 0) is 24.3 Å². The van der Waals surface area contributed by atoms with Crippen LogP contribution >= 0.6 is 11.8 Å². The molecule has 2 N–H and O–H groups in total. The van der Waals surface area contributed by atoms with E-state index < -0.39 is 0 Å². The van der Waals surface area contributed by atoms with Gasteiger partial charge in [-0.3, -0.25) is 0 Å². The van der Waals surface area contributed by atoms with Crippen molar-refractivity contribution in [1.82, 2.24) is 14.9 Å². The Morgan fingerprint density at radius 2 is 1.95 bits per heavy atom. The summed E-state index contributed by atoms with van der Waals surface area (Å²) in [5, 5.41) is 17.7. The Morgan fingerprint density at radius 1 is 1.27 bits per heavy atom. The highest BCUT2D eigenvalue weighted by molar-refractivity contribution is 7.99. The van der Waals surface area contributed by atoms with Crippen LogP contribution in [0.4, 0.5) is 0 Å². The van der Waals surface area contributed by atoms with Gasteiger partial charge < -0.3 is 10.6 Å². The van der Waals surface area contributed by atoms with Gasteiger partial charge in [-0.15, -0.1) is 10.2 Å². The lowest BCUT2D eigenvalue weighted by atomic mass is 9.96. The molecule has 0 bridgehead atoms. The molecule has 7 heteroatoms. The third-order valence-corrected chi connectivity index (χ3v) is 3.81. The molecule has 1 aromatic carbocycles. The van der Waals surface area contributed by atoms with Crippen molar-refractivity contribution in [3.63, 3.8) is 0 Å². The zero-order valence-electron chi connectivity index (χ0n) is 12.9. The summed E-state index contributed by atoms with van der Waals surface area (Å²) in [5.41, 5.74) is 0.479. The average molecular weight is 317 g/mol. The number of rotatable bonds is 5. The second-order valence-electron chi connectivity index (χ2n) is 5.76. The Labute approximate surface area is 134 Å². The Balaban J connectivity index is 1.84. The van der Waals surface area contributed by atoms with Gasteiger partial charge in [0, 0.05) is 11.2 Å². The fourth-order valence-electron chi connectivity index (χ4n) is 1.81. The lowest BCUT2D eigenvalue weighted by Gasteiger charge is -2.16. The molecule has 1 aromatic heterocycles. The van der Waals surface area contributed by atoms with Crippen LogP contribution in [0.15, 0.2) is 29.4 Å². The van der Waals surface area contributed by atoms with Crippen molar-refractivity contribution >= 4 is 11.8 Å². The molecule has 0 saturated carbocycles. The van der Waals surface area contributed by atoms with Crippen LogP contribution in [0, 0.1) is 11.3 Å². The van der Waals surface area contributed by atoms with Gasteiger partial charge in [0.25, 0.3) is 0 Å². The molecular weight excluding hydrogens is 298 g/mol. The summed E-state index contributed by atoms with van der Waals surface area (Å²) in [6.07, 6.45) is 0. The Hall–Kier alpha value is -2.20. The minimum atomic E-state index is -0.139. The maximum absolute atomic E-state index is 8.73. The molecule has 2 rings (SSSR count). The first kappa shape index (κ1) is 16.2. The Bertz CT molecular complexity index is 667. The minimum absolute atomic E-state index is 0.139. The van der Waals surface area contributed by atoms with Crippen molar-refractivity contribution in [1.29, 1.82) is 5.26 Å². The van der Waals surface area contributed by atoms with E-state index in [2.05, 4.69) is 16.3 Å². The SMILES string of the molecule is CC(C)(C)c1nnc(SCCOc2ccc(C#N)cc2)n1N. The maximum atomic E-state index is 8.73. The third-order valence-electron chi connectivity index (χ3n) is 2.90. The van der Waals surface area contributed by atoms with Crippen molar-refractivity contribution in [3.05, 3.63) is 35.7 Å². The van der Waals surface area contributed by atoms with Gasteiger partial charge in [0.15, 0.2) is 5.82 Å². The lowest BCUT2D eigenvalue weighted by Crippen LogP contribution is -2.24. The maximum Gasteiger partial charge on any atom is 0.209 e. The number of benzene rings is 1. The van der Waals surface area contributed by atoms with E-state index in [-0.39, 0.29) is 5.41 Å². The molecule has 0 fully saturated rings. The molecule has 0 amide bonds. The highest BCUT2D eigenvalue weighted by Gasteiger charge is 2.22. The number of thioether (sulfide) groups is 1. The summed E-state index contributed by atoms with van der Waals surface area (Å²) in [4.78, 5) is 0. The number of nitrogens with zero attached hydrogens (tertiary/aromatic N) is 4. The number of nitrogen functional groups attached to an aromatic ring is 1. The van der Waals surface area contributed by atoms with Crippen molar-refractivity contribution in [2.45, 2.75) is 31.3 Å². The van der Waals surface area contributed by atoms with Crippen LogP contribution in [0.1, 0.15) is 32.2 Å². The fourth-order valence-corrected chi connectivity index (χ4v) is 2.48. The zero-order chi connectivity index (χ0) is 16.2. The molecule has 0 unspecified atom stereocenters. The van der Waals surface area contributed by atoms with Crippen LogP contribution in [0.25, 0.3) is 0 Å². The van der Waals surface area contributed by atoms with Crippen LogP contribution < -0.4 is 10.6 Å².